The van der Waals surface area contributed by atoms with Gasteiger partial charge in [0.05, 0.1) is 22.4 Å². The molecule has 0 saturated carbocycles. The average molecular weight is 398 g/mol. The van der Waals surface area contributed by atoms with Crippen molar-refractivity contribution in [1.29, 1.82) is 0 Å². The van der Waals surface area contributed by atoms with Crippen LogP contribution in [0.4, 0.5) is 5.69 Å². The quantitative estimate of drug-likeness (QED) is 0.212. The summed E-state index contributed by atoms with van der Waals surface area (Å²) in [6.07, 6.45) is 0. The molecule has 4 rings (SSSR count). The molecule has 0 aromatic heterocycles. The Balaban J connectivity index is 1.58. The Morgan fingerprint density at radius 1 is 0.833 bits per heavy atom. The molecule has 0 amide bonds. The van der Waals surface area contributed by atoms with Crippen molar-refractivity contribution in [3.63, 3.8) is 0 Å². The Morgan fingerprint density at radius 3 is 1.97 bits per heavy atom. The molecule has 0 aliphatic carbocycles. The lowest BCUT2D eigenvalue weighted by molar-refractivity contribution is -0.384. The van der Waals surface area contributed by atoms with Gasteiger partial charge in [0.1, 0.15) is 6.61 Å². The molecule has 30 heavy (non-hydrogen) atoms. The van der Waals surface area contributed by atoms with Gasteiger partial charge in [0.15, 0.2) is 0 Å². The van der Waals surface area contributed by atoms with Gasteiger partial charge in [-0.1, -0.05) is 60.7 Å². The number of nitro groups is 1. The SMILES string of the molecule is O=C(OCCN=c1c2ccccc2ccc2ccccc12)c1ccc([N+](=O)[O-])cc1. The van der Waals surface area contributed by atoms with Crippen molar-refractivity contribution in [2.24, 2.45) is 4.99 Å². The molecule has 0 fully saturated rings. The summed E-state index contributed by atoms with van der Waals surface area (Å²) >= 11 is 0. The van der Waals surface area contributed by atoms with Crippen LogP contribution in [-0.2, 0) is 4.74 Å². The maximum Gasteiger partial charge on any atom is 0.338 e. The molecule has 148 valence electrons. The summed E-state index contributed by atoms with van der Waals surface area (Å²) in [4.78, 5) is 27.1. The van der Waals surface area contributed by atoms with Crippen molar-refractivity contribution in [1.82, 2.24) is 0 Å². The second kappa shape index (κ2) is 8.53. The number of benzene rings is 3. The van der Waals surface area contributed by atoms with E-state index < -0.39 is 10.9 Å². The van der Waals surface area contributed by atoms with Gasteiger partial charge < -0.3 is 4.74 Å². The van der Waals surface area contributed by atoms with Crippen LogP contribution in [0.2, 0.25) is 0 Å². The van der Waals surface area contributed by atoms with Gasteiger partial charge in [0.25, 0.3) is 5.69 Å². The number of hydrogen-bond donors (Lipinski definition) is 0. The van der Waals surface area contributed by atoms with Crippen LogP contribution in [0.1, 0.15) is 10.4 Å². The molecule has 0 radical (unpaired) electrons. The first-order chi connectivity index (χ1) is 14.6. The molecule has 4 aromatic carbocycles. The lowest BCUT2D eigenvalue weighted by Gasteiger charge is -2.03. The first-order valence-corrected chi connectivity index (χ1v) is 9.46. The number of rotatable bonds is 5. The number of hydrogen-bond acceptors (Lipinski definition) is 5. The highest BCUT2D eigenvalue weighted by Gasteiger charge is 2.10. The Kier molecular flexibility index (Phi) is 5.48. The van der Waals surface area contributed by atoms with Crippen LogP contribution in [0.3, 0.4) is 0 Å². The third-order valence-corrected chi connectivity index (χ3v) is 4.78. The zero-order valence-corrected chi connectivity index (χ0v) is 16.0. The minimum Gasteiger partial charge on any atom is -0.460 e. The van der Waals surface area contributed by atoms with Crippen molar-refractivity contribution >= 4 is 33.2 Å². The lowest BCUT2D eigenvalue weighted by Crippen LogP contribution is -2.11. The minimum atomic E-state index is -0.534. The van der Waals surface area contributed by atoms with E-state index >= 15 is 0 Å². The maximum atomic E-state index is 12.2. The van der Waals surface area contributed by atoms with Crippen molar-refractivity contribution < 1.29 is 14.5 Å². The van der Waals surface area contributed by atoms with Gasteiger partial charge in [-0.2, -0.15) is 0 Å². The van der Waals surface area contributed by atoms with Crippen molar-refractivity contribution in [2.45, 2.75) is 0 Å². The minimum absolute atomic E-state index is 0.0720. The fraction of sp³-hybridized carbons (Fsp3) is 0.0833. The van der Waals surface area contributed by atoms with Crippen LogP contribution in [0.25, 0.3) is 21.5 Å². The molecule has 0 saturated heterocycles. The highest BCUT2D eigenvalue weighted by Crippen LogP contribution is 2.15. The zero-order valence-electron chi connectivity index (χ0n) is 16.0. The number of nitrogens with zero attached hydrogens (tertiary/aromatic N) is 2. The topological polar surface area (TPSA) is 81.8 Å². The molecular formula is C24H18N2O4. The third-order valence-electron chi connectivity index (χ3n) is 4.78. The van der Waals surface area contributed by atoms with Crippen molar-refractivity contribution in [3.05, 3.63) is 106 Å². The highest BCUT2D eigenvalue weighted by atomic mass is 16.6. The number of fused-ring (bicyclic) bond motifs is 2. The Bertz CT molecular complexity index is 1250. The number of carbonyl (C=O) groups excluding carboxylic acids is 1. The van der Waals surface area contributed by atoms with E-state index in [4.69, 9.17) is 9.73 Å². The van der Waals surface area contributed by atoms with Crippen LogP contribution < -0.4 is 5.36 Å². The van der Waals surface area contributed by atoms with Crippen LogP contribution in [0.15, 0.2) is 89.9 Å². The summed E-state index contributed by atoms with van der Waals surface area (Å²) in [5.41, 5.74) is 0.194. The summed E-state index contributed by atoms with van der Waals surface area (Å²) < 4.78 is 5.30. The summed E-state index contributed by atoms with van der Waals surface area (Å²) in [7, 11) is 0. The van der Waals surface area contributed by atoms with E-state index in [0.29, 0.717) is 6.54 Å². The summed E-state index contributed by atoms with van der Waals surface area (Å²) in [5.74, 6) is -0.534. The van der Waals surface area contributed by atoms with E-state index in [1.54, 1.807) is 0 Å². The molecule has 6 heteroatoms. The van der Waals surface area contributed by atoms with E-state index in [-0.39, 0.29) is 17.9 Å². The first kappa shape index (κ1) is 19.3. The van der Waals surface area contributed by atoms with Crippen molar-refractivity contribution in [3.8, 4) is 0 Å². The highest BCUT2D eigenvalue weighted by molar-refractivity contribution is 5.93. The third kappa shape index (κ3) is 4.03. The maximum absolute atomic E-state index is 12.2. The van der Waals surface area contributed by atoms with E-state index in [0.717, 1.165) is 26.9 Å². The van der Waals surface area contributed by atoms with Gasteiger partial charge >= 0.3 is 5.97 Å². The molecule has 0 heterocycles. The molecule has 0 aliphatic rings. The summed E-state index contributed by atoms with van der Waals surface area (Å²) in [6, 6.07) is 25.6. The molecule has 0 bridgehead atoms. The fourth-order valence-corrected chi connectivity index (χ4v) is 3.31. The van der Waals surface area contributed by atoms with E-state index in [9.17, 15) is 14.9 Å². The average Bonchev–Trinajstić information content (AvgIpc) is 2.94. The Morgan fingerprint density at radius 2 is 1.40 bits per heavy atom. The number of ether oxygens (including phenoxy) is 1. The smallest absolute Gasteiger partial charge is 0.338 e. The van der Waals surface area contributed by atoms with Gasteiger partial charge in [0.2, 0.25) is 0 Å². The summed E-state index contributed by atoms with van der Waals surface area (Å²) in [5, 5.41) is 15.8. The first-order valence-electron chi connectivity index (χ1n) is 9.46. The monoisotopic (exact) mass is 398 g/mol. The standard InChI is InChI=1S/C24H18N2O4/c27-24(19-11-13-20(14-12-19)26(28)29)30-16-15-25-23-21-7-3-1-5-17(21)9-10-18-6-2-4-8-22(18)23/h1-14H,15-16H2. The van der Waals surface area contributed by atoms with Gasteiger partial charge in [-0.15, -0.1) is 0 Å². The zero-order chi connectivity index (χ0) is 20.9. The van der Waals surface area contributed by atoms with Crippen LogP contribution in [-0.4, -0.2) is 24.0 Å². The summed E-state index contributed by atoms with van der Waals surface area (Å²) in [6.45, 7) is 0.411. The normalized spacial score (nSPS) is 10.7. The molecule has 0 spiro atoms. The van der Waals surface area contributed by atoms with Crippen molar-refractivity contribution in [2.75, 3.05) is 13.2 Å². The second-order valence-electron chi connectivity index (χ2n) is 6.68. The van der Waals surface area contributed by atoms with Crippen LogP contribution >= 0.6 is 0 Å². The van der Waals surface area contributed by atoms with Crippen LogP contribution in [0.5, 0.6) is 0 Å². The number of non-ortho nitro benzene ring substituents is 1. The molecule has 6 nitrogen and oxygen atoms in total. The van der Waals surface area contributed by atoms with Gasteiger partial charge in [-0.05, 0) is 22.9 Å². The van der Waals surface area contributed by atoms with Gasteiger partial charge in [-0.25, -0.2) is 4.79 Å². The van der Waals surface area contributed by atoms with E-state index in [1.807, 2.05) is 48.5 Å². The molecule has 0 aliphatic heterocycles. The predicted octanol–water partition coefficient (Wildman–Crippen LogP) is 4.66. The predicted molar refractivity (Wildman–Crippen MR) is 115 cm³/mol. The molecule has 0 unspecified atom stereocenters. The number of nitro benzene ring substituents is 1. The van der Waals surface area contributed by atoms with E-state index in [1.165, 1.54) is 24.3 Å². The Labute approximate surface area is 172 Å². The van der Waals surface area contributed by atoms with Crippen LogP contribution in [0, 0.1) is 10.1 Å². The lowest BCUT2D eigenvalue weighted by atomic mass is 10.1. The Hall–Kier alpha value is -4.06. The number of carbonyl (C=O) groups is 1. The largest absolute Gasteiger partial charge is 0.460 e. The van der Waals surface area contributed by atoms with Gasteiger partial charge in [-0.3, -0.25) is 15.1 Å². The van der Waals surface area contributed by atoms with E-state index in [2.05, 4.69) is 12.1 Å². The number of esters is 1. The molecule has 4 aromatic rings. The molecular weight excluding hydrogens is 380 g/mol. The molecule has 0 atom stereocenters. The van der Waals surface area contributed by atoms with Gasteiger partial charge in [0, 0.05) is 22.9 Å². The second-order valence-corrected chi connectivity index (χ2v) is 6.68. The molecule has 0 N–H and O–H groups in total. The fourth-order valence-electron chi connectivity index (χ4n) is 3.31.